The van der Waals surface area contributed by atoms with Crippen LogP contribution in [0, 0.1) is 17.2 Å². The molecule has 1 aliphatic heterocycles. The Bertz CT molecular complexity index is 476. The Balaban J connectivity index is 2.11. The maximum atomic E-state index is 14.1. The summed E-state index contributed by atoms with van der Waals surface area (Å²) in [5.41, 5.74) is 7.01. The Labute approximate surface area is 136 Å². The number of nitrogens with zero attached hydrogens (tertiary/aromatic N) is 1. The second-order valence-electron chi connectivity index (χ2n) is 7.09. The molecule has 0 aliphatic carbocycles. The highest BCUT2D eigenvalue weighted by Crippen LogP contribution is 2.37. The minimum absolute atomic E-state index is 0.0246. The van der Waals surface area contributed by atoms with Crippen molar-refractivity contribution in [2.75, 3.05) is 19.6 Å². The van der Waals surface area contributed by atoms with Crippen LogP contribution in [-0.2, 0) is 0 Å². The molecule has 0 spiro atoms. The van der Waals surface area contributed by atoms with Crippen molar-refractivity contribution in [3.8, 4) is 0 Å². The quantitative estimate of drug-likeness (QED) is 0.872. The van der Waals surface area contributed by atoms with E-state index in [4.69, 9.17) is 5.73 Å². The lowest BCUT2D eigenvalue weighted by molar-refractivity contribution is 0.0834. The van der Waals surface area contributed by atoms with Crippen molar-refractivity contribution in [1.82, 2.24) is 4.90 Å². The molecule has 0 saturated carbocycles. The minimum Gasteiger partial charge on any atom is -0.329 e. The molecule has 1 aliphatic rings. The van der Waals surface area contributed by atoms with E-state index in [2.05, 4.69) is 41.6 Å². The molecule has 4 heteroatoms. The van der Waals surface area contributed by atoms with E-state index < -0.39 is 0 Å². The Morgan fingerprint density at radius 3 is 2.48 bits per heavy atom. The van der Waals surface area contributed by atoms with Crippen molar-refractivity contribution in [2.24, 2.45) is 17.1 Å². The van der Waals surface area contributed by atoms with Crippen LogP contribution in [0.1, 0.15) is 45.2 Å². The fraction of sp³-hybridized carbons (Fsp3) is 0.647. The van der Waals surface area contributed by atoms with Crippen molar-refractivity contribution in [2.45, 2.75) is 39.7 Å². The van der Waals surface area contributed by atoms with Crippen molar-refractivity contribution >= 4 is 15.9 Å². The molecule has 2 N–H and O–H groups in total. The number of piperidine rings is 1. The van der Waals surface area contributed by atoms with Crippen LogP contribution in [0.25, 0.3) is 0 Å². The molecule has 1 saturated heterocycles. The first kappa shape index (κ1) is 16.9. The van der Waals surface area contributed by atoms with Crippen molar-refractivity contribution < 1.29 is 4.39 Å². The predicted octanol–water partition coefficient (Wildman–Crippen LogP) is 4.35. The molecule has 21 heavy (non-hydrogen) atoms. The Hall–Kier alpha value is -0.450. The lowest BCUT2D eigenvalue weighted by Gasteiger charge is -2.41. The highest BCUT2D eigenvalue weighted by atomic mass is 79.9. The highest BCUT2D eigenvalue weighted by molar-refractivity contribution is 9.10. The van der Waals surface area contributed by atoms with E-state index in [1.165, 1.54) is 6.07 Å². The molecule has 1 atom stereocenters. The van der Waals surface area contributed by atoms with Gasteiger partial charge in [0.15, 0.2) is 0 Å². The molecule has 0 amide bonds. The monoisotopic (exact) mass is 356 g/mol. The first-order valence-electron chi connectivity index (χ1n) is 7.72. The van der Waals surface area contributed by atoms with E-state index in [0.29, 0.717) is 17.5 Å². The van der Waals surface area contributed by atoms with E-state index in [9.17, 15) is 4.39 Å². The first-order valence-corrected chi connectivity index (χ1v) is 8.51. The van der Waals surface area contributed by atoms with Crippen LogP contribution in [0.4, 0.5) is 4.39 Å². The van der Waals surface area contributed by atoms with Crippen molar-refractivity contribution in [3.05, 3.63) is 34.1 Å². The SMILES string of the molecule is CC(C)(C)C1CCN(C(CN)c2cc(Br)ccc2F)CC1. The number of nitrogens with two attached hydrogens (primary N) is 1. The molecule has 1 fully saturated rings. The third-order valence-electron chi connectivity index (χ3n) is 4.74. The van der Waals surface area contributed by atoms with Gasteiger partial charge < -0.3 is 5.73 Å². The van der Waals surface area contributed by atoms with Crippen molar-refractivity contribution in [3.63, 3.8) is 0 Å². The molecular weight excluding hydrogens is 331 g/mol. The summed E-state index contributed by atoms with van der Waals surface area (Å²) >= 11 is 3.43. The van der Waals surface area contributed by atoms with Gasteiger partial charge in [-0.3, -0.25) is 4.90 Å². The maximum absolute atomic E-state index is 14.1. The summed E-state index contributed by atoms with van der Waals surface area (Å²) in [6.45, 7) is 9.37. The van der Waals surface area contributed by atoms with Gasteiger partial charge in [-0.1, -0.05) is 36.7 Å². The number of benzene rings is 1. The average molecular weight is 357 g/mol. The average Bonchev–Trinajstić information content (AvgIpc) is 2.43. The van der Waals surface area contributed by atoms with Gasteiger partial charge in [-0.25, -0.2) is 4.39 Å². The van der Waals surface area contributed by atoms with E-state index in [0.717, 1.165) is 36.3 Å². The zero-order valence-corrected chi connectivity index (χ0v) is 14.8. The number of likely N-dealkylation sites (tertiary alicyclic amines) is 1. The minimum atomic E-state index is -0.161. The highest BCUT2D eigenvalue weighted by Gasteiger charge is 2.32. The Morgan fingerprint density at radius 2 is 1.95 bits per heavy atom. The van der Waals surface area contributed by atoms with Crippen LogP contribution in [0.2, 0.25) is 0 Å². The van der Waals surface area contributed by atoms with Crippen LogP contribution >= 0.6 is 15.9 Å². The third kappa shape index (κ3) is 4.05. The van der Waals surface area contributed by atoms with Crippen LogP contribution in [0.15, 0.2) is 22.7 Å². The molecular formula is C17H26BrFN2. The van der Waals surface area contributed by atoms with Gasteiger partial charge in [-0.15, -0.1) is 0 Å². The second-order valence-corrected chi connectivity index (χ2v) is 8.01. The topological polar surface area (TPSA) is 29.3 Å². The van der Waals surface area contributed by atoms with Gasteiger partial charge in [0.05, 0.1) is 0 Å². The molecule has 1 aromatic carbocycles. The molecule has 1 heterocycles. The number of hydrogen-bond donors (Lipinski definition) is 1. The van der Waals surface area contributed by atoms with Crippen LogP contribution in [0.5, 0.6) is 0 Å². The molecule has 0 aromatic heterocycles. The van der Waals surface area contributed by atoms with Crippen molar-refractivity contribution in [1.29, 1.82) is 0 Å². The Morgan fingerprint density at radius 1 is 1.33 bits per heavy atom. The summed E-state index contributed by atoms with van der Waals surface area (Å²) in [6.07, 6.45) is 2.32. The van der Waals surface area contributed by atoms with Gasteiger partial charge in [0, 0.05) is 22.6 Å². The zero-order chi connectivity index (χ0) is 15.6. The summed E-state index contributed by atoms with van der Waals surface area (Å²) in [6, 6.07) is 5.09. The van der Waals surface area contributed by atoms with Crippen LogP contribution < -0.4 is 5.73 Å². The van der Waals surface area contributed by atoms with Gasteiger partial charge in [0.25, 0.3) is 0 Å². The molecule has 0 bridgehead atoms. The van der Waals surface area contributed by atoms with Gasteiger partial charge >= 0.3 is 0 Å². The molecule has 118 valence electrons. The number of halogens is 2. The number of rotatable bonds is 3. The summed E-state index contributed by atoms with van der Waals surface area (Å²) in [7, 11) is 0. The van der Waals surface area contributed by atoms with E-state index in [-0.39, 0.29) is 11.9 Å². The van der Waals surface area contributed by atoms with Crippen LogP contribution in [0.3, 0.4) is 0 Å². The largest absolute Gasteiger partial charge is 0.329 e. The summed E-state index contributed by atoms with van der Waals surface area (Å²) < 4.78 is 15.0. The lowest BCUT2D eigenvalue weighted by atomic mass is 9.75. The van der Waals surface area contributed by atoms with Gasteiger partial charge in [-0.2, -0.15) is 0 Å². The lowest BCUT2D eigenvalue weighted by Crippen LogP contribution is -2.42. The van der Waals surface area contributed by atoms with Gasteiger partial charge in [0.2, 0.25) is 0 Å². The van der Waals surface area contributed by atoms with E-state index in [1.807, 2.05) is 6.07 Å². The first-order chi connectivity index (χ1) is 9.82. The molecule has 2 rings (SSSR count). The van der Waals surface area contributed by atoms with E-state index >= 15 is 0 Å². The standard InChI is InChI=1S/C17H26BrFN2/c1-17(2,3)12-6-8-21(9-7-12)16(11-20)14-10-13(18)4-5-15(14)19/h4-5,10,12,16H,6-9,11,20H2,1-3H3. The third-order valence-corrected chi connectivity index (χ3v) is 5.23. The summed E-state index contributed by atoms with van der Waals surface area (Å²) in [4.78, 5) is 2.34. The molecule has 1 aromatic rings. The fourth-order valence-corrected chi connectivity index (χ4v) is 3.70. The maximum Gasteiger partial charge on any atom is 0.128 e. The fourth-order valence-electron chi connectivity index (χ4n) is 3.32. The van der Waals surface area contributed by atoms with E-state index in [1.54, 1.807) is 6.07 Å². The smallest absolute Gasteiger partial charge is 0.128 e. The normalized spacial score (nSPS) is 19.7. The zero-order valence-electron chi connectivity index (χ0n) is 13.2. The Kier molecular flexibility index (Phi) is 5.44. The summed E-state index contributed by atoms with van der Waals surface area (Å²) in [5.74, 6) is 0.575. The molecule has 1 unspecified atom stereocenters. The van der Waals surface area contributed by atoms with Crippen LogP contribution in [-0.4, -0.2) is 24.5 Å². The predicted molar refractivity (Wildman–Crippen MR) is 89.6 cm³/mol. The van der Waals surface area contributed by atoms with Gasteiger partial charge in [0.1, 0.15) is 5.82 Å². The number of hydrogen-bond acceptors (Lipinski definition) is 2. The summed E-state index contributed by atoms with van der Waals surface area (Å²) in [5, 5.41) is 0. The molecule has 0 radical (unpaired) electrons. The van der Waals surface area contributed by atoms with Gasteiger partial charge in [-0.05, 0) is 55.5 Å². The molecule has 2 nitrogen and oxygen atoms in total. The second kappa shape index (κ2) is 6.76.